The van der Waals surface area contributed by atoms with E-state index in [-0.39, 0.29) is 0 Å². The summed E-state index contributed by atoms with van der Waals surface area (Å²) in [5.74, 6) is 0.909. The molecular weight excluding hydrogens is 354 g/mol. The molecule has 0 bridgehead atoms. The van der Waals surface area contributed by atoms with Crippen molar-refractivity contribution in [3.63, 3.8) is 0 Å². The maximum absolute atomic E-state index is 11.1. The van der Waals surface area contributed by atoms with Crippen LogP contribution in [0.4, 0.5) is 16.4 Å². The predicted octanol–water partition coefficient (Wildman–Crippen LogP) is 4.18. The van der Waals surface area contributed by atoms with Gasteiger partial charge in [0.15, 0.2) is 0 Å². The highest BCUT2D eigenvalue weighted by Gasteiger charge is 2.23. The highest BCUT2D eigenvalue weighted by molar-refractivity contribution is 5.65. The smallest absolute Gasteiger partial charge is 0.407 e. The van der Waals surface area contributed by atoms with Crippen LogP contribution in [-0.2, 0) is 0 Å². The molecule has 2 aromatic carbocycles. The van der Waals surface area contributed by atoms with E-state index < -0.39 is 6.09 Å². The Kier molecular flexibility index (Phi) is 4.97. The van der Waals surface area contributed by atoms with E-state index in [2.05, 4.69) is 40.5 Å². The van der Waals surface area contributed by atoms with E-state index in [1.807, 2.05) is 30.3 Å². The number of carbonyl (C=O) groups is 1. The number of carboxylic acid groups (broad SMARTS) is 1. The summed E-state index contributed by atoms with van der Waals surface area (Å²) < 4.78 is 1.74. The minimum atomic E-state index is -0.829. The van der Waals surface area contributed by atoms with Gasteiger partial charge in [0.25, 0.3) is 0 Å². The number of benzene rings is 2. The molecule has 144 valence electrons. The van der Waals surface area contributed by atoms with E-state index in [4.69, 9.17) is 5.11 Å². The van der Waals surface area contributed by atoms with Gasteiger partial charge in [0.05, 0.1) is 5.69 Å². The number of nitrogens with one attached hydrogen (secondary N) is 1. The van der Waals surface area contributed by atoms with Gasteiger partial charge in [0.1, 0.15) is 6.33 Å². The molecule has 1 saturated heterocycles. The molecule has 2 N–H and O–H groups in total. The molecule has 1 aromatic heterocycles. The normalized spacial score (nSPS) is 14.8. The van der Waals surface area contributed by atoms with Crippen LogP contribution in [0.15, 0.2) is 54.9 Å². The summed E-state index contributed by atoms with van der Waals surface area (Å²) in [6.07, 6.45) is 2.55. The van der Waals surface area contributed by atoms with Gasteiger partial charge in [-0.25, -0.2) is 9.48 Å². The van der Waals surface area contributed by atoms with Gasteiger partial charge < -0.3 is 15.3 Å². The Balaban J connectivity index is 1.49. The zero-order valence-electron chi connectivity index (χ0n) is 15.7. The number of hydrogen-bond acceptors (Lipinski definition) is 4. The third-order valence-electron chi connectivity index (χ3n) is 5.11. The Morgan fingerprint density at radius 1 is 1.14 bits per heavy atom. The number of piperidine rings is 1. The SMILES string of the molecule is Cc1cc(Nc2ncn(-c3ccccc3)n2)cc(C2CCN(C(=O)O)CC2)c1. The maximum atomic E-state index is 11.1. The second kappa shape index (κ2) is 7.72. The lowest BCUT2D eigenvalue weighted by Gasteiger charge is -2.30. The van der Waals surface area contributed by atoms with Crippen molar-refractivity contribution in [1.29, 1.82) is 0 Å². The first-order valence-electron chi connectivity index (χ1n) is 9.42. The topological polar surface area (TPSA) is 83.3 Å². The van der Waals surface area contributed by atoms with E-state index in [1.54, 1.807) is 11.0 Å². The highest BCUT2D eigenvalue weighted by Crippen LogP contribution is 2.31. The van der Waals surface area contributed by atoms with Crippen molar-refractivity contribution in [2.75, 3.05) is 18.4 Å². The third-order valence-corrected chi connectivity index (χ3v) is 5.11. The second-order valence-corrected chi connectivity index (χ2v) is 7.15. The molecule has 1 aliphatic rings. The van der Waals surface area contributed by atoms with Gasteiger partial charge in [-0.1, -0.05) is 24.3 Å². The Labute approximate surface area is 163 Å². The molecule has 7 nitrogen and oxygen atoms in total. The van der Waals surface area contributed by atoms with Crippen LogP contribution in [0.2, 0.25) is 0 Å². The zero-order valence-corrected chi connectivity index (χ0v) is 15.7. The number of aryl methyl sites for hydroxylation is 1. The molecule has 3 aromatic rings. The lowest BCUT2D eigenvalue weighted by molar-refractivity contribution is 0.132. The number of para-hydroxylation sites is 1. The number of amides is 1. The second-order valence-electron chi connectivity index (χ2n) is 7.15. The van der Waals surface area contributed by atoms with Gasteiger partial charge in [-0.2, -0.15) is 4.98 Å². The Bertz CT molecular complexity index is 962. The van der Waals surface area contributed by atoms with E-state index in [0.29, 0.717) is 25.0 Å². The van der Waals surface area contributed by atoms with Crippen LogP contribution in [0, 0.1) is 6.92 Å². The largest absolute Gasteiger partial charge is 0.465 e. The van der Waals surface area contributed by atoms with Gasteiger partial charge in [-0.3, -0.25) is 0 Å². The van der Waals surface area contributed by atoms with Crippen molar-refractivity contribution in [3.8, 4) is 5.69 Å². The molecule has 0 aliphatic carbocycles. The molecular formula is C21H23N5O2. The molecule has 0 saturated carbocycles. The zero-order chi connectivity index (χ0) is 19.5. The molecule has 28 heavy (non-hydrogen) atoms. The summed E-state index contributed by atoms with van der Waals surface area (Å²) >= 11 is 0. The molecule has 1 aliphatic heterocycles. The number of nitrogens with zero attached hydrogens (tertiary/aromatic N) is 4. The number of hydrogen-bond donors (Lipinski definition) is 2. The fourth-order valence-electron chi connectivity index (χ4n) is 3.68. The summed E-state index contributed by atoms with van der Waals surface area (Å²) in [6, 6.07) is 16.2. The first-order chi connectivity index (χ1) is 13.6. The first-order valence-corrected chi connectivity index (χ1v) is 9.42. The van der Waals surface area contributed by atoms with Crippen molar-refractivity contribution in [2.45, 2.75) is 25.7 Å². The predicted molar refractivity (Wildman–Crippen MR) is 107 cm³/mol. The summed E-state index contributed by atoms with van der Waals surface area (Å²) in [6.45, 7) is 3.23. The van der Waals surface area contributed by atoms with Crippen LogP contribution in [0.3, 0.4) is 0 Å². The lowest BCUT2D eigenvalue weighted by Crippen LogP contribution is -2.36. The fourth-order valence-corrected chi connectivity index (χ4v) is 3.68. The van der Waals surface area contributed by atoms with Crippen molar-refractivity contribution in [1.82, 2.24) is 19.7 Å². The standard InChI is InChI=1S/C21H23N5O2/c1-15-11-17(16-7-9-25(10-8-16)21(27)28)13-18(12-15)23-20-22-14-26(24-20)19-5-3-2-4-6-19/h2-6,11-14,16H,7-10H2,1H3,(H,23,24)(H,27,28). The van der Waals surface area contributed by atoms with E-state index in [0.717, 1.165) is 29.8 Å². The van der Waals surface area contributed by atoms with Crippen LogP contribution < -0.4 is 5.32 Å². The molecule has 7 heteroatoms. The molecule has 2 heterocycles. The van der Waals surface area contributed by atoms with Crippen LogP contribution in [0.5, 0.6) is 0 Å². The van der Waals surface area contributed by atoms with Crippen molar-refractivity contribution in [2.24, 2.45) is 0 Å². The molecule has 0 atom stereocenters. The molecule has 0 spiro atoms. The monoisotopic (exact) mass is 377 g/mol. The van der Waals surface area contributed by atoms with Gasteiger partial charge in [-0.15, -0.1) is 5.10 Å². The van der Waals surface area contributed by atoms with Gasteiger partial charge >= 0.3 is 6.09 Å². The lowest BCUT2D eigenvalue weighted by atomic mass is 9.88. The summed E-state index contributed by atoms with van der Waals surface area (Å²) in [5, 5.41) is 16.9. The van der Waals surface area contributed by atoms with Gasteiger partial charge in [-0.05, 0) is 61.1 Å². The summed E-state index contributed by atoms with van der Waals surface area (Å²) in [4.78, 5) is 17.0. The van der Waals surface area contributed by atoms with Crippen molar-refractivity contribution < 1.29 is 9.90 Å². The first kappa shape index (κ1) is 18.0. The molecule has 4 rings (SSSR count). The molecule has 1 fully saturated rings. The minimum Gasteiger partial charge on any atom is -0.465 e. The van der Waals surface area contributed by atoms with Gasteiger partial charge in [0.2, 0.25) is 5.95 Å². The molecule has 0 radical (unpaired) electrons. The number of anilines is 2. The van der Waals surface area contributed by atoms with Crippen LogP contribution in [-0.4, -0.2) is 44.0 Å². The summed E-state index contributed by atoms with van der Waals surface area (Å²) in [5.41, 5.74) is 4.29. The average molecular weight is 377 g/mol. The van der Waals surface area contributed by atoms with E-state index >= 15 is 0 Å². The highest BCUT2D eigenvalue weighted by atomic mass is 16.4. The van der Waals surface area contributed by atoms with E-state index in [1.165, 1.54) is 10.5 Å². The quantitative estimate of drug-likeness (QED) is 0.713. The summed E-state index contributed by atoms with van der Waals surface area (Å²) in [7, 11) is 0. The molecule has 0 unspecified atom stereocenters. The Hall–Kier alpha value is -3.35. The Morgan fingerprint density at radius 2 is 1.89 bits per heavy atom. The van der Waals surface area contributed by atoms with Crippen LogP contribution in [0.1, 0.15) is 29.9 Å². The molecule has 1 amide bonds. The third kappa shape index (κ3) is 3.98. The average Bonchev–Trinajstić information content (AvgIpc) is 3.17. The van der Waals surface area contributed by atoms with Crippen LogP contribution >= 0.6 is 0 Å². The fraction of sp³-hybridized carbons (Fsp3) is 0.286. The maximum Gasteiger partial charge on any atom is 0.407 e. The number of aromatic nitrogens is 3. The number of rotatable bonds is 4. The minimum absolute atomic E-state index is 0.367. The van der Waals surface area contributed by atoms with E-state index in [9.17, 15) is 4.79 Å². The van der Waals surface area contributed by atoms with Crippen molar-refractivity contribution in [3.05, 3.63) is 66.0 Å². The Morgan fingerprint density at radius 3 is 2.61 bits per heavy atom. The van der Waals surface area contributed by atoms with Crippen LogP contribution in [0.25, 0.3) is 5.69 Å². The number of likely N-dealkylation sites (tertiary alicyclic amines) is 1. The van der Waals surface area contributed by atoms with Crippen molar-refractivity contribution >= 4 is 17.7 Å². The van der Waals surface area contributed by atoms with Gasteiger partial charge in [0, 0.05) is 18.8 Å².